The summed E-state index contributed by atoms with van der Waals surface area (Å²) in [5.74, 6) is 0.404. The molecule has 0 amide bonds. The van der Waals surface area contributed by atoms with Crippen molar-refractivity contribution in [2.24, 2.45) is 4.99 Å². The maximum Gasteiger partial charge on any atom is 0.338 e. The van der Waals surface area contributed by atoms with Gasteiger partial charge in [-0.05, 0) is 73.9 Å². The van der Waals surface area contributed by atoms with Crippen molar-refractivity contribution in [2.45, 2.75) is 33.4 Å². The lowest BCUT2D eigenvalue weighted by molar-refractivity contribution is -0.384. The Balaban J connectivity index is 1.52. The number of esters is 1. The van der Waals surface area contributed by atoms with Gasteiger partial charge >= 0.3 is 5.97 Å². The minimum atomic E-state index is -0.810. The molecule has 0 bridgehead atoms. The highest BCUT2D eigenvalue weighted by Gasteiger charge is 2.34. The molecule has 1 aromatic heterocycles. The highest BCUT2D eigenvalue weighted by molar-refractivity contribution is 7.07. The van der Waals surface area contributed by atoms with Crippen molar-refractivity contribution < 1.29 is 23.9 Å². The first kappa shape index (κ1) is 30.7. The van der Waals surface area contributed by atoms with Crippen LogP contribution < -0.4 is 24.4 Å². The van der Waals surface area contributed by atoms with E-state index >= 15 is 0 Å². The van der Waals surface area contributed by atoms with Crippen molar-refractivity contribution >= 4 is 40.7 Å². The first-order valence-corrected chi connectivity index (χ1v) is 15.0. The molecule has 0 unspecified atom stereocenters. The lowest BCUT2D eigenvalue weighted by Gasteiger charge is -2.25. The van der Waals surface area contributed by atoms with Crippen LogP contribution in [0.2, 0.25) is 5.02 Å². The van der Waals surface area contributed by atoms with E-state index in [9.17, 15) is 19.7 Å². The van der Waals surface area contributed by atoms with Gasteiger partial charge in [0.1, 0.15) is 12.6 Å². The van der Waals surface area contributed by atoms with Gasteiger partial charge in [-0.3, -0.25) is 19.5 Å². The van der Waals surface area contributed by atoms with Crippen molar-refractivity contribution in [3.63, 3.8) is 0 Å². The summed E-state index contributed by atoms with van der Waals surface area (Å²) in [4.78, 5) is 42.5. The number of halogens is 1. The Labute approximate surface area is 261 Å². The second kappa shape index (κ2) is 13.3. The fraction of sp³-hybridized carbons (Fsp3) is 0.219. The van der Waals surface area contributed by atoms with Gasteiger partial charge in [0.2, 0.25) is 0 Å². The summed E-state index contributed by atoms with van der Waals surface area (Å²) in [7, 11) is 0. The average Bonchev–Trinajstić information content (AvgIpc) is 3.30. The number of ether oxygens (including phenoxy) is 3. The van der Waals surface area contributed by atoms with Crippen LogP contribution in [-0.2, 0) is 16.1 Å². The van der Waals surface area contributed by atoms with E-state index in [4.69, 9.17) is 25.8 Å². The zero-order valence-electron chi connectivity index (χ0n) is 24.1. The molecule has 0 saturated carbocycles. The maximum atomic E-state index is 13.9. The number of rotatable bonds is 10. The molecule has 10 nitrogen and oxygen atoms in total. The van der Waals surface area contributed by atoms with Gasteiger partial charge < -0.3 is 14.2 Å². The number of allylic oxidation sites excluding steroid dienone is 1. The molecule has 1 atom stereocenters. The summed E-state index contributed by atoms with van der Waals surface area (Å²) in [6, 6.07) is 17.7. The predicted molar refractivity (Wildman–Crippen MR) is 167 cm³/mol. The average molecular weight is 634 g/mol. The second-order valence-corrected chi connectivity index (χ2v) is 11.1. The molecule has 0 radical (unpaired) electrons. The third-order valence-electron chi connectivity index (χ3n) is 6.82. The van der Waals surface area contributed by atoms with E-state index < -0.39 is 16.9 Å². The van der Waals surface area contributed by atoms with Gasteiger partial charge in [-0.2, -0.15) is 0 Å². The van der Waals surface area contributed by atoms with Crippen molar-refractivity contribution in [3.05, 3.63) is 130 Å². The normalized spacial score (nSPS) is 14.5. The van der Waals surface area contributed by atoms with Crippen LogP contribution in [0.5, 0.6) is 11.5 Å². The van der Waals surface area contributed by atoms with Crippen molar-refractivity contribution in [1.82, 2.24) is 4.57 Å². The smallest absolute Gasteiger partial charge is 0.338 e. The largest absolute Gasteiger partial charge is 0.490 e. The summed E-state index contributed by atoms with van der Waals surface area (Å²) in [5, 5.41) is 11.3. The van der Waals surface area contributed by atoms with Gasteiger partial charge in [0.05, 0.1) is 33.9 Å². The molecular formula is C32H28ClN3O7S. The van der Waals surface area contributed by atoms with E-state index in [1.165, 1.54) is 28.0 Å². The van der Waals surface area contributed by atoms with Crippen LogP contribution in [0.4, 0.5) is 5.69 Å². The standard InChI is InChI=1S/C32H28ClN3O7S/c1-4-41-26-16-21(12-15-25(26)43-18-20-10-13-22(14-11-20)36(39)40)17-27-30(37)35-29(23-8-6-7-9-24(23)33)28(31(38)42-5-2)19(3)34-32(35)44-27/h6-17,29H,4-5,18H2,1-3H3/b27-17-/t29-/m0/s1. The number of nitro benzene ring substituents is 1. The minimum Gasteiger partial charge on any atom is -0.490 e. The van der Waals surface area contributed by atoms with Crippen LogP contribution in [0.3, 0.4) is 0 Å². The third kappa shape index (κ3) is 6.29. The number of nitrogens with zero attached hydrogens (tertiary/aromatic N) is 3. The van der Waals surface area contributed by atoms with Crippen molar-refractivity contribution in [1.29, 1.82) is 0 Å². The molecule has 2 heterocycles. The van der Waals surface area contributed by atoms with Crippen LogP contribution >= 0.6 is 22.9 Å². The van der Waals surface area contributed by atoms with E-state index in [1.54, 1.807) is 74.5 Å². The Hall–Kier alpha value is -4.74. The highest BCUT2D eigenvalue weighted by Crippen LogP contribution is 2.34. The number of carbonyl (C=O) groups is 1. The van der Waals surface area contributed by atoms with E-state index in [1.807, 2.05) is 6.92 Å². The molecule has 1 aliphatic rings. The number of benzene rings is 3. The third-order valence-corrected chi connectivity index (χ3v) is 8.15. The molecule has 0 saturated heterocycles. The number of hydrogen-bond acceptors (Lipinski definition) is 9. The molecule has 0 spiro atoms. The number of aromatic nitrogens is 1. The Morgan fingerprint density at radius 1 is 1.07 bits per heavy atom. The number of nitro groups is 1. The molecule has 226 valence electrons. The number of hydrogen-bond donors (Lipinski definition) is 0. The van der Waals surface area contributed by atoms with Crippen LogP contribution in [0.1, 0.15) is 43.5 Å². The van der Waals surface area contributed by atoms with E-state index in [-0.39, 0.29) is 30.0 Å². The Morgan fingerprint density at radius 2 is 1.82 bits per heavy atom. The quantitative estimate of drug-likeness (QED) is 0.131. The number of thiazole rings is 1. The van der Waals surface area contributed by atoms with Crippen LogP contribution in [0, 0.1) is 10.1 Å². The monoisotopic (exact) mass is 633 g/mol. The molecule has 3 aromatic carbocycles. The molecule has 0 fully saturated rings. The van der Waals surface area contributed by atoms with Crippen LogP contribution in [-0.4, -0.2) is 28.7 Å². The molecule has 1 aliphatic heterocycles. The van der Waals surface area contributed by atoms with Crippen LogP contribution in [0.25, 0.3) is 6.08 Å². The zero-order valence-corrected chi connectivity index (χ0v) is 25.7. The van der Waals surface area contributed by atoms with Gasteiger partial charge in [0.25, 0.3) is 11.2 Å². The van der Waals surface area contributed by atoms with E-state index in [0.29, 0.717) is 49.3 Å². The summed E-state index contributed by atoms with van der Waals surface area (Å²) in [5.41, 5.74) is 2.42. The SMILES string of the molecule is CCOC(=O)C1=C(C)N=c2s/c(=C\c3ccc(OCc4ccc([N+](=O)[O-])cc4)c(OCC)c3)c(=O)n2[C@H]1c1ccccc1Cl. The van der Waals surface area contributed by atoms with Crippen LogP contribution in [0.15, 0.2) is 87.8 Å². The van der Waals surface area contributed by atoms with Gasteiger partial charge in [-0.15, -0.1) is 0 Å². The Morgan fingerprint density at radius 3 is 2.50 bits per heavy atom. The molecule has 0 N–H and O–H groups in total. The Bertz CT molecular complexity index is 1950. The van der Waals surface area contributed by atoms with Gasteiger partial charge in [-0.1, -0.05) is 47.2 Å². The minimum absolute atomic E-state index is 0.00357. The van der Waals surface area contributed by atoms with Gasteiger partial charge in [0, 0.05) is 17.2 Å². The predicted octanol–water partition coefficient (Wildman–Crippen LogP) is 5.34. The first-order chi connectivity index (χ1) is 21.2. The van der Waals surface area contributed by atoms with E-state index in [2.05, 4.69) is 4.99 Å². The number of fused-ring (bicyclic) bond motifs is 1. The topological polar surface area (TPSA) is 122 Å². The molecule has 44 heavy (non-hydrogen) atoms. The van der Waals surface area contributed by atoms with Crippen molar-refractivity contribution in [3.8, 4) is 11.5 Å². The summed E-state index contributed by atoms with van der Waals surface area (Å²) < 4.78 is 19.0. The highest BCUT2D eigenvalue weighted by atomic mass is 35.5. The fourth-order valence-corrected chi connectivity index (χ4v) is 6.10. The number of carbonyl (C=O) groups excluding carboxylic acids is 1. The lowest BCUT2D eigenvalue weighted by atomic mass is 9.96. The summed E-state index contributed by atoms with van der Waals surface area (Å²) in [6.07, 6.45) is 1.74. The van der Waals surface area contributed by atoms with Gasteiger partial charge in [-0.25, -0.2) is 9.79 Å². The molecule has 0 aliphatic carbocycles. The lowest BCUT2D eigenvalue weighted by Crippen LogP contribution is -2.40. The molecular weight excluding hydrogens is 606 g/mol. The first-order valence-electron chi connectivity index (χ1n) is 13.8. The van der Waals surface area contributed by atoms with Crippen molar-refractivity contribution in [2.75, 3.05) is 13.2 Å². The Kier molecular flexibility index (Phi) is 9.26. The summed E-state index contributed by atoms with van der Waals surface area (Å²) >= 11 is 7.78. The number of non-ortho nitro benzene ring substituents is 1. The molecule has 5 rings (SSSR count). The fourth-order valence-electron chi connectivity index (χ4n) is 4.81. The second-order valence-electron chi connectivity index (χ2n) is 9.68. The van der Waals surface area contributed by atoms with E-state index in [0.717, 1.165) is 5.56 Å². The molecule has 12 heteroatoms. The molecule has 4 aromatic rings. The maximum absolute atomic E-state index is 13.9. The van der Waals surface area contributed by atoms with Gasteiger partial charge in [0.15, 0.2) is 16.3 Å². The zero-order chi connectivity index (χ0) is 31.4. The summed E-state index contributed by atoms with van der Waals surface area (Å²) in [6.45, 7) is 6.02.